The van der Waals surface area contributed by atoms with Crippen LogP contribution in [0.3, 0.4) is 0 Å². The summed E-state index contributed by atoms with van der Waals surface area (Å²) in [5, 5.41) is 7.43. The Bertz CT molecular complexity index is 578. The number of nitrogens with zero attached hydrogens (tertiary/aromatic N) is 2. The van der Waals surface area contributed by atoms with Crippen LogP contribution < -0.4 is 10.5 Å². The predicted molar refractivity (Wildman–Crippen MR) is 67.0 cm³/mol. The molecule has 0 aliphatic heterocycles. The van der Waals surface area contributed by atoms with Crippen LogP contribution in [0.25, 0.3) is 0 Å². The number of nitrogens with one attached hydrogen (secondary N) is 1. The fourth-order valence-electron chi connectivity index (χ4n) is 1.22. The molecule has 0 unspecified atom stereocenters. The van der Waals surface area contributed by atoms with Crippen LogP contribution in [0.15, 0.2) is 29.8 Å². The summed E-state index contributed by atoms with van der Waals surface area (Å²) in [5.74, 6) is -0.118. The number of aromatic nitrogens is 2. The van der Waals surface area contributed by atoms with Gasteiger partial charge in [-0.05, 0) is 17.7 Å². The first-order valence-electron chi connectivity index (χ1n) is 4.66. The van der Waals surface area contributed by atoms with E-state index in [1.165, 1.54) is 5.51 Å². The second kappa shape index (κ2) is 4.68. The van der Waals surface area contributed by atoms with E-state index in [2.05, 4.69) is 14.9 Å². The van der Waals surface area contributed by atoms with Crippen molar-refractivity contribution in [3.05, 3.63) is 35.3 Å². The highest BCUT2D eigenvalue weighted by Gasteiger charge is 2.13. The average molecular weight is 270 g/mol. The summed E-state index contributed by atoms with van der Waals surface area (Å²) in [7, 11) is -3.45. The largest absolute Gasteiger partial charge is 0.399 e. The number of benzene rings is 1. The van der Waals surface area contributed by atoms with Gasteiger partial charge in [0, 0.05) is 5.69 Å². The van der Waals surface area contributed by atoms with Crippen LogP contribution in [0.5, 0.6) is 0 Å². The quantitative estimate of drug-likeness (QED) is 0.809. The van der Waals surface area contributed by atoms with Gasteiger partial charge >= 0.3 is 0 Å². The number of sulfonamides is 1. The zero-order valence-electron chi connectivity index (χ0n) is 8.70. The van der Waals surface area contributed by atoms with Crippen LogP contribution in [0.4, 0.5) is 10.8 Å². The van der Waals surface area contributed by atoms with Crippen molar-refractivity contribution in [3.8, 4) is 0 Å². The zero-order valence-corrected chi connectivity index (χ0v) is 10.3. The Morgan fingerprint density at radius 3 is 2.59 bits per heavy atom. The van der Waals surface area contributed by atoms with Crippen molar-refractivity contribution in [2.24, 2.45) is 0 Å². The average Bonchev–Trinajstić information content (AvgIpc) is 2.73. The van der Waals surface area contributed by atoms with E-state index in [0.717, 1.165) is 11.3 Å². The molecular formula is C9H10N4O2S2. The maximum Gasteiger partial charge on any atom is 0.238 e. The van der Waals surface area contributed by atoms with Crippen molar-refractivity contribution < 1.29 is 8.42 Å². The van der Waals surface area contributed by atoms with Gasteiger partial charge in [-0.3, -0.25) is 4.72 Å². The molecule has 0 amide bonds. The minimum atomic E-state index is -3.45. The van der Waals surface area contributed by atoms with E-state index in [4.69, 9.17) is 5.73 Å². The summed E-state index contributed by atoms with van der Waals surface area (Å²) in [5.41, 5.74) is 8.24. The lowest BCUT2D eigenvalue weighted by atomic mass is 10.2. The topological polar surface area (TPSA) is 98.0 Å². The summed E-state index contributed by atoms with van der Waals surface area (Å²) in [6, 6.07) is 6.68. The highest BCUT2D eigenvalue weighted by atomic mass is 32.2. The summed E-state index contributed by atoms with van der Waals surface area (Å²) in [4.78, 5) is 0. The van der Waals surface area contributed by atoms with Gasteiger partial charge in [-0.15, -0.1) is 10.2 Å². The van der Waals surface area contributed by atoms with Gasteiger partial charge in [-0.1, -0.05) is 23.5 Å². The monoisotopic (exact) mass is 270 g/mol. The summed E-state index contributed by atoms with van der Waals surface area (Å²) >= 11 is 1.13. The van der Waals surface area contributed by atoms with Crippen molar-refractivity contribution in [1.82, 2.24) is 10.2 Å². The summed E-state index contributed by atoms with van der Waals surface area (Å²) in [6.45, 7) is 0. The Morgan fingerprint density at radius 1 is 1.29 bits per heavy atom. The lowest BCUT2D eigenvalue weighted by molar-refractivity contribution is 0.600. The van der Waals surface area contributed by atoms with Gasteiger partial charge in [0.1, 0.15) is 5.51 Å². The predicted octanol–water partition coefficient (Wildman–Crippen LogP) is 1.06. The Morgan fingerprint density at radius 2 is 2.00 bits per heavy atom. The molecule has 1 aromatic heterocycles. The number of nitrogens with two attached hydrogens (primary N) is 1. The lowest BCUT2D eigenvalue weighted by Crippen LogP contribution is -2.14. The first-order valence-corrected chi connectivity index (χ1v) is 7.19. The second-order valence-electron chi connectivity index (χ2n) is 3.35. The molecule has 0 fully saturated rings. The van der Waals surface area contributed by atoms with Gasteiger partial charge in [0.15, 0.2) is 0 Å². The minimum Gasteiger partial charge on any atom is -0.399 e. The molecule has 1 heterocycles. The van der Waals surface area contributed by atoms with Crippen molar-refractivity contribution >= 4 is 32.2 Å². The molecule has 2 rings (SSSR count). The third-order valence-corrected chi connectivity index (χ3v) is 3.89. The molecule has 17 heavy (non-hydrogen) atoms. The number of nitrogen functional groups attached to an aromatic ring is 1. The number of hydrogen-bond acceptors (Lipinski definition) is 6. The van der Waals surface area contributed by atoms with E-state index >= 15 is 0 Å². The zero-order chi connectivity index (χ0) is 12.3. The van der Waals surface area contributed by atoms with Crippen LogP contribution in [0.1, 0.15) is 5.56 Å². The molecule has 8 heteroatoms. The Hall–Kier alpha value is -1.67. The normalized spacial score (nSPS) is 11.3. The lowest BCUT2D eigenvalue weighted by Gasteiger charge is -2.04. The maximum absolute atomic E-state index is 11.7. The van der Waals surface area contributed by atoms with E-state index in [0.29, 0.717) is 11.3 Å². The van der Waals surface area contributed by atoms with Gasteiger partial charge in [0.25, 0.3) is 0 Å². The van der Waals surface area contributed by atoms with Crippen LogP contribution >= 0.6 is 11.3 Å². The summed E-state index contributed by atoms with van der Waals surface area (Å²) in [6.07, 6.45) is 0. The van der Waals surface area contributed by atoms with E-state index in [1.807, 2.05) is 0 Å². The first-order chi connectivity index (χ1) is 8.05. The minimum absolute atomic E-state index is 0.118. The van der Waals surface area contributed by atoms with Crippen molar-refractivity contribution in [2.45, 2.75) is 5.75 Å². The molecule has 0 atom stereocenters. The molecule has 0 spiro atoms. The molecular weight excluding hydrogens is 260 g/mol. The highest BCUT2D eigenvalue weighted by Crippen LogP contribution is 2.14. The molecule has 6 nitrogen and oxygen atoms in total. The Balaban J connectivity index is 2.09. The van der Waals surface area contributed by atoms with Crippen molar-refractivity contribution in [2.75, 3.05) is 10.5 Å². The third kappa shape index (κ3) is 3.40. The number of rotatable bonds is 4. The van der Waals surface area contributed by atoms with Crippen molar-refractivity contribution in [3.63, 3.8) is 0 Å². The number of anilines is 2. The molecule has 2 aromatic rings. The van der Waals surface area contributed by atoms with E-state index in [1.54, 1.807) is 24.3 Å². The third-order valence-electron chi connectivity index (χ3n) is 1.94. The van der Waals surface area contributed by atoms with E-state index < -0.39 is 10.0 Å². The molecule has 0 radical (unpaired) electrons. The first kappa shape index (κ1) is 11.8. The summed E-state index contributed by atoms with van der Waals surface area (Å²) < 4.78 is 25.8. The molecule has 3 N–H and O–H groups in total. The van der Waals surface area contributed by atoms with E-state index in [-0.39, 0.29) is 10.9 Å². The maximum atomic E-state index is 11.7. The molecule has 0 aliphatic carbocycles. The molecule has 90 valence electrons. The Kier molecular flexibility index (Phi) is 3.25. The van der Waals surface area contributed by atoms with Gasteiger partial charge in [0.05, 0.1) is 5.75 Å². The van der Waals surface area contributed by atoms with Gasteiger partial charge < -0.3 is 5.73 Å². The molecule has 0 saturated carbocycles. The fourth-order valence-corrected chi connectivity index (χ4v) is 3.09. The van der Waals surface area contributed by atoms with Crippen LogP contribution in [-0.2, 0) is 15.8 Å². The molecule has 0 bridgehead atoms. The second-order valence-corrected chi connectivity index (χ2v) is 5.90. The van der Waals surface area contributed by atoms with Crippen LogP contribution in [0.2, 0.25) is 0 Å². The van der Waals surface area contributed by atoms with Gasteiger partial charge in [-0.25, -0.2) is 8.42 Å². The van der Waals surface area contributed by atoms with Gasteiger partial charge in [0.2, 0.25) is 15.2 Å². The van der Waals surface area contributed by atoms with Crippen LogP contribution in [-0.4, -0.2) is 18.6 Å². The standard InChI is InChI=1S/C9H10N4O2S2/c10-8-3-1-7(2-4-8)5-17(14,15)13-9-12-11-6-16-9/h1-4,6H,5,10H2,(H,12,13). The smallest absolute Gasteiger partial charge is 0.238 e. The molecule has 0 saturated heterocycles. The Labute approximate surface area is 103 Å². The van der Waals surface area contributed by atoms with E-state index in [9.17, 15) is 8.42 Å². The highest BCUT2D eigenvalue weighted by molar-refractivity contribution is 7.92. The van der Waals surface area contributed by atoms with Crippen molar-refractivity contribution in [1.29, 1.82) is 0 Å². The number of hydrogen-bond donors (Lipinski definition) is 2. The van der Waals surface area contributed by atoms with Crippen LogP contribution in [0, 0.1) is 0 Å². The SMILES string of the molecule is Nc1ccc(CS(=O)(=O)Nc2nncs2)cc1. The fraction of sp³-hybridized carbons (Fsp3) is 0.111. The molecule has 0 aliphatic rings. The van der Waals surface area contributed by atoms with Gasteiger partial charge in [-0.2, -0.15) is 0 Å². The molecule has 1 aromatic carbocycles.